The second-order valence-corrected chi connectivity index (χ2v) is 4.57. The molecule has 6 heteroatoms. The molecule has 0 aliphatic carbocycles. The molecule has 0 saturated carbocycles. The molecule has 98 valence electrons. The van der Waals surface area contributed by atoms with E-state index in [1.54, 1.807) is 12.1 Å². The van der Waals surface area contributed by atoms with Crippen LogP contribution in [0, 0.1) is 0 Å². The Labute approximate surface area is 114 Å². The third-order valence-corrected chi connectivity index (χ3v) is 2.90. The van der Waals surface area contributed by atoms with E-state index in [2.05, 4.69) is 20.7 Å². The fourth-order valence-electron chi connectivity index (χ4n) is 1.31. The number of aldehydes is 1. The van der Waals surface area contributed by atoms with Gasteiger partial charge in [-0.1, -0.05) is 0 Å². The van der Waals surface area contributed by atoms with Crippen LogP contribution in [-0.2, 0) is 9.53 Å². The molecule has 0 N–H and O–H groups in total. The summed E-state index contributed by atoms with van der Waals surface area (Å²) in [6.45, 7) is -0.230. The largest absolute Gasteiger partial charge is 0.481 e. The molecule has 1 aromatic rings. The van der Waals surface area contributed by atoms with Crippen LogP contribution in [0.15, 0.2) is 16.6 Å². The average molecular weight is 316 g/mol. The SMILES string of the molecule is COC(=O)COc1cc(N(C)C)c(Br)cc1C=O. The third kappa shape index (κ3) is 3.46. The maximum absolute atomic E-state index is 11.0. The summed E-state index contributed by atoms with van der Waals surface area (Å²) in [5, 5.41) is 0. The first-order valence-corrected chi connectivity index (χ1v) is 5.94. The molecule has 0 heterocycles. The first kappa shape index (κ1) is 14.5. The monoisotopic (exact) mass is 315 g/mol. The highest BCUT2D eigenvalue weighted by Gasteiger charge is 2.12. The predicted molar refractivity (Wildman–Crippen MR) is 71.4 cm³/mol. The molecule has 0 atom stereocenters. The minimum atomic E-state index is -0.499. The van der Waals surface area contributed by atoms with E-state index < -0.39 is 5.97 Å². The number of hydrogen-bond acceptors (Lipinski definition) is 5. The lowest BCUT2D eigenvalue weighted by Gasteiger charge is -2.17. The Morgan fingerprint density at radius 3 is 2.61 bits per heavy atom. The van der Waals surface area contributed by atoms with Crippen molar-refractivity contribution >= 4 is 33.9 Å². The number of esters is 1. The van der Waals surface area contributed by atoms with Gasteiger partial charge in [0, 0.05) is 24.6 Å². The zero-order valence-corrected chi connectivity index (χ0v) is 12.0. The summed E-state index contributed by atoms with van der Waals surface area (Å²) < 4.78 is 10.5. The zero-order chi connectivity index (χ0) is 13.7. The molecule has 18 heavy (non-hydrogen) atoms. The van der Waals surface area contributed by atoms with Gasteiger partial charge in [-0.2, -0.15) is 0 Å². The van der Waals surface area contributed by atoms with Crippen molar-refractivity contribution in [1.82, 2.24) is 0 Å². The van der Waals surface area contributed by atoms with Gasteiger partial charge in [-0.15, -0.1) is 0 Å². The fraction of sp³-hybridized carbons (Fsp3) is 0.333. The van der Waals surface area contributed by atoms with Gasteiger partial charge in [0.05, 0.1) is 18.4 Å². The lowest BCUT2D eigenvalue weighted by Crippen LogP contribution is -2.14. The van der Waals surface area contributed by atoms with Crippen molar-refractivity contribution < 1.29 is 19.1 Å². The Hall–Kier alpha value is -1.56. The number of ether oxygens (including phenoxy) is 2. The number of carbonyl (C=O) groups is 2. The van der Waals surface area contributed by atoms with Crippen molar-refractivity contribution in [2.75, 3.05) is 32.7 Å². The lowest BCUT2D eigenvalue weighted by molar-refractivity contribution is -0.142. The zero-order valence-electron chi connectivity index (χ0n) is 10.4. The molecular weight excluding hydrogens is 302 g/mol. The van der Waals surface area contributed by atoms with E-state index in [1.807, 2.05) is 19.0 Å². The molecule has 0 unspecified atom stereocenters. The van der Waals surface area contributed by atoms with Crippen LogP contribution in [0.2, 0.25) is 0 Å². The topological polar surface area (TPSA) is 55.8 Å². The molecule has 0 spiro atoms. The summed E-state index contributed by atoms with van der Waals surface area (Å²) in [5.41, 5.74) is 1.22. The molecule has 0 amide bonds. The van der Waals surface area contributed by atoms with Crippen LogP contribution >= 0.6 is 15.9 Å². The molecule has 0 fully saturated rings. The highest BCUT2D eigenvalue weighted by molar-refractivity contribution is 9.10. The summed E-state index contributed by atoms with van der Waals surface area (Å²) >= 11 is 3.37. The Morgan fingerprint density at radius 1 is 1.44 bits per heavy atom. The molecule has 0 saturated heterocycles. The van der Waals surface area contributed by atoms with Gasteiger partial charge in [0.2, 0.25) is 0 Å². The fourth-order valence-corrected chi connectivity index (χ4v) is 2.03. The normalized spacial score (nSPS) is 9.78. The molecule has 1 rings (SSSR count). The first-order valence-electron chi connectivity index (χ1n) is 5.15. The number of halogens is 1. The molecule has 0 aliphatic rings. The van der Waals surface area contributed by atoms with Crippen LogP contribution in [-0.4, -0.2) is 40.1 Å². The Balaban J connectivity index is 3.04. The minimum absolute atomic E-state index is 0.230. The lowest BCUT2D eigenvalue weighted by atomic mass is 10.2. The van der Waals surface area contributed by atoms with Gasteiger partial charge in [-0.05, 0) is 22.0 Å². The van der Waals surface area contributed by atoms with Crippen molar-refractivity contribution in [3.8, 4) is 5.75 Å². The van der Waals surface area contributed by atoms with Gasteiger partial charge < -0.3 is 14.4 Å². The number of hydrogen-bond donors (Lipinski definition) is 0. The molecule has 1 aromatic carbocycles. The van der Waals surface area contributed by atoms with Crippen molar-refractivity contribution in [1.29, 1.82) is 0 Å². The van der Waals surface area contributed by atoms with Gasteiger partial charge in [0.25, 0.3) is 0 Å². The number of anilines is 1. The van der Waals surface area contributed by atoms with E-state index in [4.69, 9.17) is 4.74 Å². The molecule has 0 radical (unpaired) electrons. The molecule has 0 aliphatic heterocycles. The van der Waals surface area contributed by atoms with E-state index in [9.17, 15) is 9.59 Å². The van der Waals surface area contributed by atoms with E-state index in [-0.39, 0.29) is 6.61 Å². The number of methoxy groups -OCH3 is 1. The Bertz CT molecular complexity index is 460. The number of nitrogens with zero attached hydrogens (tertiary/aromatic N) is 1. The van der Waals surface area contributed by atoms with Crippen molar-refractivity contribution in [2.24, 2.45) is 0 Å². The molecule has 0 aromatic heterocycles. The van der Waals surface area contributed by atoms with Crippen LogP contribution in [0.25, 0.3) is 0 Å². The van der Waals surface area contributed by atoms with E-state index in [0.717, 1.165) is 10.2 Å². The maximum Gasteiger partial charge on any atom is 0.343 e. The molecule has 5 nitrogen and oxygen atoms in total. The van der Waals surface area contributed by atoms with Crippen LogP contribution in [0.5, 0.6) is 5.75 Å². The van der Waals surface area contributed by atoms with Crippen LogP contribution in [0.4, 0.5) is 5.69 Å². The number of carbonyl (C=O) groups excluding carboxylic acids is 2. The molecule has 0 bridgehead atoms. The van der Waals surface area contributed by atoms with Crippen molar-refractivity contribution in [3.05, 3.63) is 22.2 Å². The van der Waals surface area contributed by atoms with Crippen LogP contribution in [0.3, 0.4) is 0 Å². The summed E-state index contributed by atoms with van der Waals surface area (Å²) in [5.74, 6) is -0.150. The number of benzene rings is 1. The molecular formula is C12H14BrNO4. The highest BCUT2D eigenvalue weighted by atomic mass is 79.9. The third-order valence-electron chi connectivity index (χ3n) is 2.26. The van der Waals surface area contributed by atoms with Crippen molar-refractivity contribution in [3.63, 3.8) is 0 Å². The second-order valence-electron chi connectivity index (χ2n) is 3.72. The predicted octanol–water partition coefficient (Wildman–Crippen LogP) is 1.88. The quantitative estimate of drug-likeness (QED) is 0.613. The van der Waals surface area contributed by atoms with Gasteiger partial charge in [0.15, 0.2) is 12.9 Å². The first-order chi connectivity index (χ1) is 8.49. The van der Waals surface area contributed by atoms with E-state index in [1.165, 1.54) is 7.11 Å². The average Bonchev–Trinajstić information content (AvgIpc) is 2.35. The second kappa shape index (κ2) is 6.39. The van der Waals surface area contributed by atoms with Crippen LogP contribution < -0.4 is 9.64 Å². The summed E-state index contributed by atoms with van der Waals surface area (Å²) in [4.78, 5) is 23.8. The summed E-state index contributed by atoms with van der Waals surface area (Å²) in [6.07, 6.45) is 0.677. The summed E-state index contributed by atoms with van der Waals surface area (Å²) in [6, 6.07) is 3.34. The van der Waals surface area contributed by atoms with Gasteiger partial charge >= 0.3 is 5.97 Å². The maximum atomic E-state index is 11.0. The van der Waals surface area contributed by atoms with E-state index >= 15 is 0 Å². The van der Waals surface area contributed by atoms with Gasteiger partial charge in [-0.3, -0.25) is 4.79 Å². The van der Waals surface area contributed by atoms with Gasteiger partial charge in [-0.25, -0.2) is 4.79 Å². The highest BCUT2D eigenvalue weighted by Crippen LogP contribution is 2.32. The van der Waals surface area contributed by atoms with E-state index in [0.29, 0.717) is 17.6 Å². The van der Waals surface area contributed by atoms with Crippen LogP contribution in [0.1, 0.15) is 10.4 Å². The number of rotatable bonds is 5. The minimum Gasteiger partial charge on any atom is -0.481 e. The van der Waals surface area contributed by atoms with Gasteiger partial charge in [0.1, 0.15) is 5.75 Å². The Kier molecular flexibility index (Phi) is 5.15. The van der Waals surface area contributed by atoms with Crippen molar-refractivity contribution in [2.45, 2.75) is 0 Å². The standard InChI is InChI=1S/C12H14BrNO4/c1-14(2)10-5-11(18-7-12(16)17-3)8(6-15)4-9(10)13/h4-6H,7H2,1-3H3. The summed E-state index contributed by atoms with van der Waals surface area (Å²) in [7, 11) is 5.01. The smallest absolute Gasteiger partial charge is 0.343 e. The Morgan fingerprint density at radius 2 is 2.11 bits per heavy atom.